The van der Waals surface area contributed by atoms with Crippen LogP contribution in [-0.2, 0) is 9.47 Å². The molecule has 0 radical (unpaired) electrons. The number of nitrogens with zero attached hydrogens (tertiary/aromatic N) is 2. The smallest absolute Gasteiger partial charge is 0.434 e. The summed E-state index contributed by atoms with van der Waals surface area (Å²) in [6.07, 6.45) is 1.92. The van der Waals surface area contributed by atoms with Crippen LogP contribution in [0.1, 0.15) is 19.4 Å². The third kappa shape index (κ3) is 3.18. The van der Waals surface area contributed by atoms with Crippen molar-refractivity contribution in [1.82, 2.24) is 5.01 Å². The lowest BCUT2D eigenvalue weighted by Gasteiger charge is -2.34. The summed E-state index contributed by atoms with van der Waals surface area (Å²) in [5.41, 5.74) is 1.34. The van der Waals surface area contributed by atoms with Crippen LogP contribution >= 0.6 is 15.9 Å². The van der Waals surface area contributed by atoms with Gasteiger partial charge in [-0.2, -0.15) is 10.0 Å². The van der Waals surface area contributed by atoms with Crippen molar-refractivity contribution < 1.29 is 19.1 Å². The molecule has 0 bridgehead atoms. The van der Waals surface area contributed by atoms with E-state index in [-0.39, 0.29) is 13.2 Å². The van der Waals surface area contributed by atoms with Gasteiger partial charge in [0, 0.05) is 16.2 Å². The topological polar surface area (TPSA) is 59.1 Å². The Bertz CT molecular complexity index is 588. The number of anilines is 1. The monoisotopic (exact) mass is 354 g/mol. The predicted octanol–water partition coefficient (Wildman–Crippen LogP) is 3.77. The average molecular weight is 355 g/mol. The van der Waals surface area contributed by atoms with Crippen LogP contribution < -0.4 is 5.01 Å². The van der Waals surface area contributed by atoms with Gasteiger partial charge in [-0.3, -0.25) is 0 Å². The Hall–Kier alpha value is -2.02. The molecule has 2 rings (SSSR count). The highest BCUT2D eigenvalue weighted by Gasteiger charge is 2.32. The quantitative estimate of drug-likeness (QED) is 0.810. The van der Waals surface area contributed by atoms with E-state index in [1.807, 2.05) is 6.07 Å². The molecule has 2 amide bonds. The number of hydrazine groups is 1. The van der Waals surface area contributed by atoms with E-state index in [1.165, 1.54) is 6.20 Å². The maximum atomic E-state index is 12.2. The first-order valence-corrected chi connectivity index (χ1v) is 7.28. The highest BCUT2D eigenvalue weighted by atomic mass is 79.9. The molecule has 0 N–H and O–H groups in total. The van der Waals surface area contributed by atoms with Crippen molar-refractivity contribution in [2.45, 2.75) is 13.8 Å². The fourth-order valence-electron chi connectivity index (χ4n) is 1.89. The number of fused-ring (bicyclic) bond motifs is 1. The van der Waals surface area contributed by atoms with E-state index in [0.717, 1.165) is 20.1 Å². The molecule has 0 saturated carbocycles. The summed E-state index contributed by atoms with van der Waals surface area (Å²) in [6, 6.07) is 5.36. The van der Waals surface area contributed by atoms with Crippen molar-refractivity contribution in [3.05, 3.63) is 34.4 Å². The molecule has 1 aliphatic rings. The van der Waals surface area contributed by atoms with Crippen LogP contribution in [0.15, 0.2) is 28.9 Å². The van der Waals surface area contributed by atoms with Crippen LogP contribution in [-0.4, -0.2) is 30.4 Å². The number of hydrogen-bond donors (Lipinski definition) is 0. The molecule has 112 valence electrons. The van der Waals surface area contributed by atoms with Gasteiger partial charge in [0.15, 0.2) is 0 Å². The van der Waals surface area contributed by atoms with Gasteiger partial charge in [-0.1, -0.05) is 15.9 Å². The predicted molar refractivity (Wildman–Crippen MR) is 81.5 cm³/mol. The second-order valence-electron chi connectivity index (χ2n) is 4.07. The Morgan fingerprint density at radius 2 is 1.81 bits per heavy atom. The Kier molecular flexibility index (Phi) is 4.85. The van der Waals surface area contributed by atoms with Crippen LogP contribution in [0.4, 0.5) is 15.3 Å². The van der Waals surface area contributed by atoms with Crippen molar-refractivity contribution in [2.75, 3.05) is 18.2 Å². The SMILES string of the molecule is CCOC(=O)N1C=Cc2cc(Br)ccc2N1C(=O)OCC. The molecule has 1 aromatic rings. The molecule has 0 unspecified atom stereocenters. The Morgan fingerprint density at radius 3 is 2.48 bits per heavy atom. The molecule has 0 aliphatic carbocycles. The van der Waals surface area contributed by atoms with Crippen LogP contribution in [0.25, 0.3) is 6.08 Å². The number of carbonyl (C=O) groups is 2. The van der Waals surface area contributed by atoms with E-state index in [4.69, 9.17) is 9.47 Å². The summed E-state index contributed by atoms with van der Waals surface area (Å²) in [5, 5.41) is 2.25. The molecule has 0 aromatic heterocycles. The first kappa shape index (κ1) is 15.4. The van der Waals surface area contributed by atoms with E-state index in [1.54, 1.807) is 32.1 Å². The lowest BCUT2D eigenvalue weighted by atomic mass is 10.1. The highest BCUT2D eigenvalue weighted by Crippen LogP contribution is 2.31. The van der Waals surface area contributed by atoms with Gasteiger partial charge in [-0.25, -0.2) is 9.59 Å². The Morgan fingerprint density at radius 1 is 1.14 bits per heavy atom. The lowest BCUT2D eigenvalue weighted by molar-refractivity contribution is 0.107. The zero-order chi connectivity index (χ0) is 15.4. The fourth-order valence-corrected chi connectivity index (χ4v) is 2.27. The third-order valence-electron chi connectivity index (χ3n) is 2.72. The molecule has 0 fully saturated rings. The van der Waals surface area contributed by atoms with Crippen LogP contribution in [0.2, 0.25) is 0 Å². The number of halogens is 1. The van der Waals surface area contributed by atoms with E-state index in [0.29, 0.717) is 5.69 Å². The maximum Gasteiger partial charge on any atom is 0.434 e. The normalized spacial score (nSPS) is 12.9. The van der Waals surface area contributed by atoms with Gasteiger partial charge < -0.3 is 9.47 Å². The van der Waals surface area contributed by atoms with Crippen molar-refractivity contribution in [3.63, 3.8) is 0 Å². The molecule has 21 heavy (non-hydrogen) atoms. The highest BCUT2D eigenvalue weighted by molar-refractivity contribution is 9.10. The summed E-state index contributed by atoms with van der Waals surface area (Å²) in [4.78, 5) is 24.2. The molecular formula is C14H15BrN2O4. The molecule has 0 saturated heterocycles. The van der Waals surface area contributed by atoms with Gasteiger partial charge in [-0.15, -0.1) is 0 Å². The molecular weight excluding hydrogens is 340 g/mol. The van der Waals surface area contributed by atoms with E-state index in [2.05, 4.69) is 15.9 Å². The lowest BCUT2D eigenvalue weighted by Crippen LogP contribution is -2.49. The second kappa shape index (κ2) is 6.62. The number of benzene rings is 1. The van der Waals surface area contributed by atoms with Crippen LogP contribution in [0.3, 0.4) is 0 Å². The Balaban J connectivity index is 2.42. The van der Waals surface area contributed by atoms with Crippen molar-refractivity contribution in [2.24, 2.45) is 0 Å². The second-order valence-corrected chi connectivity index (χ2v) is 4.99. The summed E-state index contributed by atoms with van der Waals surface area (Å²) >= 11 is 3.37. The zero-order valence-electron chi connectivity index (χ0n) is 11.7. The van der Waals surface area contributed by atoms with E-state index >= 15 is 0 Å². The minimum Gasteiger partial charge on any atom is -0.448 e. The molecule has 1 heterocycles. The van der Waals surface area contributed by atoms with Crippen molar-refractivity contribution in [3.8, 4) is 0 Å². The number of amides is 2. The first-order chi connectivity index (χ1) is 10.1. The first-order valence-electron chi connectivity index (χ1n) is 6.49. The van der Waals surface area contributed by atoms with Crippen molar-refractivity contribution >= 4 is 39.9 Å². The standard InChI is InChI=1S/C14H15BrN2O4/c1-3-20-13(18)16-8-7-10-9-11(15)5-6-12(10)17(16)14(19)21-4-2/h5-9H,3-4H2,1-2H3. The number of carbonyl (C=O) groups excluding carboxylic acids is 2. The number of rotatable bonds is 2. The van der Waals surface area contributed by atoms with Gasteiger partial charge in [0.05, 0.1) is 18.9 Å². The summed E-state index contributed by atoms with van der Waals surface area (Å²) in [5.74, 6) is 0. The number of hydrogen-bond acceptors (Lipinski definition) is 4. The van der Waals surface area contributed by atoms with E-state index < -0.39 is 12.2 Å². The molecule has 6 nitrogen and oxygen atoms in total. The summed E-state index contributed by atoms with van der Waals surface area (Å²) in [6.45, 7) is 3.83. The zero-order valence-corrected chi connectivity index (χ0v) is 13.3. The minimum absolute atomic E-state index is 0.210. The van der Waals surface area contributed by atoms with Gasteiger partial charge in [-0.05, 0) is 38.1 Å². The fraction of sp³-hybridized carbons (Fsp3) is 0.286. The van der Waals surface area contributed by atoms with Gasteiger partial charge in [0.1, 0.15) is 0 Å². The van der Waals surface area contributed by atoms with E-state index in [9.17, 15) is 9.59 Å². The molecule has 0 atom stereocenters. The van der Waals surface area contributed by atoms with Gasteiger partial charge in [0.2, 0.25) is 0 Å². The summed E-state index contributed by atoms with van der Waals surface area (Å²) < 4.78 is 10.8. The average Bonchev–Trinajstić information content (AvgIpc) is 2.46. The molecule has 1 aliphatic heterocycles. The largest absolute Gasteiger partial charge is 0.448 e. The Labute approximate surface area is 131 Å². The van der Waals surface area contributed by atoms with Gasteiger partial charge in [0.25, 0.3) is 0 Å². The van der Waals surface area contributed by atoms with Gasteiger partial charge >= 0.3 is 12.2 Å². The summed E-state index contributed by atoms with van der Waals surface area (Å²) in [7, 11) is 0. The van der Waals surface area contributed by atoms with Crippen LogP contribution in [0.5, 0.6) is 0 Å². The third-order valence-corrected chi connectivity index (χ3v) is 3.22. The minimum atomic E-state index is -0.643. The van der Waals surface area contributed by atoms with Crippen LogP contribution in [0, 0.1) is 0 Å². The molecule has 0 spiro atoms. The molecule has 1 aromatic carbocycles. The maximum absolute atomic E-state index is 12.2. The van der Waals surface area contributed by atoms with Crippen molar-refractivity contribution in [1.29, 1.82) is 0 Å². The molecule has 7 heteroatoms. The number of ether oxygens (including phenoxy) is 2.